The number of aromatic nitrogens is 2. The van der Waals surface area contributed by atoms with Crippen LogP contribution in [-0.4, -0.2) is 9.38 Å². The summed E-state index contributed by atoms with van der Waals surface area (Å²) in [5.74, 6) is 0. The summed E-state index contributed by atoms with van der Waals surface area (Å²) >= 11 is 11.8. The first-order chi connectivity index (χ1) is 10.1. The van der Waals surface area contributed by atoms with Crippen molar-refractivity contribution in [3.05, 3.63) is 74.8 Å². The Bertz CT molecular complexity index is 861. The molecular weight excluding hydrogens is 309 g/mol. The SMILES string of the molecule is O=c1cc(CNc2cccc(Cl)c2)nc2ccc(Cl)cn12. The molecule has 2 aromatic heterocycles. The number of fused-ring (bicyclic) bond motifs is 1. The van der Waals surface area contributed by atoms with Gasteiger partial charge in [-0.15, -0.1) is 0 Å². The van der Waals surface area contributed by atoms with E-state index in [1.807, 2.05) is 18.2 Å². The van der Waals surface area contributed by atoms with E-state index in [1.54, 1.807) is 24.4 Å². The molecule has 1 N–H and O–H groups in total. The Morgan fingerprint density at radius 1 is 1.10 bits per heavy atom. The summed E-state index contributed by atoms with van der Waals surface area (Å²) in [5, 5.41) is 4.33. The standard InChI is InChI=1S/C15H11Cl2N3O/c16-10-2-1-3-12(6-10)18-8-13-7-15(21)20-9-11(17)4-5-14(20)19-13/h1-7,9,18H,8H2. The van der Waals surface area contributed by atoms with Crippen molar-refractivity contribution in [3.8, 4) is 0 Å². The molecule has 3 aromatic rings. The second-order valence-corrected chi connectivity index (χ2v) is 5.40. The van der Waals surface area contributed by atoms with Crippen LogP contribution in [0.2, 0.25) is 10.0 Å². The Morgan fingerprint density at radius 2 is 1.95 bits per heavy atom. The van der Waals surface area contributed by atoms with E-state index >= 15 is 0 Å². The molecule has 106 valence electrons. The van der Waals surface area contributed by atoms with Gasteiger partial charge in [0.15, 0.2) is 0 Å². The molecule has 0 radical (unpaired) electrons. The second kappa shape index (κ2) is 5.76. The van der Waals surface area contributed by atoms with E-state index in [4.69, 9.17) is 23.2 Å². The molecular formula is C15H11Cl2N3O. The lowest BCUT2D eigenvalue weighted by atomic mass is 10.3. The van der Waals surface area contributed by atoms with Gasteiger partial charge in [-0.25, -0.2) is 4.98 Å². The Kier molecular flexibility index (Phi) is 3.82. The molecule has 0 amide bonds. The molecule has 0 aliphatic carbocycles. The van der Waals surface area contributed by atoms with Crippen LogP contribution in [-0.2, 0) is 6.54 Å². The first-order valence-corrected chi connectivity index (χ1v) is 7.05. The minimum atomic E-state index is -0.162. The maximum absolute atomic E-state index is 12.0. The molecule has 0 saturated heterocycles. The zero-order valence-electron chi connectivity index (χ0n) is 10.9. The maximum atomic E-state index is 12.0. The van der Waals surface area contributed by atoms with Crippen LogP contribution in [0, 0.1) is 0 Å². The number of nitrogens with zero attached hydrogens (tertiary/aromatic N) is 2. The molecule has 0 bridgehead atoms. The van der Waals surface area contributed by atoms with E-state index < -0.39 is 0 Å². The smallest absolute Gasteiger partial charge is 0.258 e. The number of hydrogen-bond donors (Lipinski definition) is 1. The van der Waals surface area contributed by atoms with Gasteiger partial charge in [0.1, 0.15) is 5.65 Å². The van der Waals surface area contributed by atoms with E-state index in [-0.39, 0.29) is 5.56 Å². The molecule has 0 atom stereocenters. The molecule has 0 unspecified atom stereocenters. The van der Waals surface area contributed by atoms with Crippen LogP contribution >= 0.6 is 23.2 Å². The van der Waals surface area contributed by atoms with Crippen LogP contribution in [0.25, 0.3) is 5.65 Å². The van der Waals surface area contributed by atoms with Gasteiger partial charge in [-0.05, 0) is 30.3 Å². The second-order valence-electron chi connectivity index (χ2n) is 4.53. The first-order valence-electron chi connectivity index (χ1n) is 6.29. The van der Waals surface area contributed by atoms with Crippen molar-refractivity contribution in [1.82, 2.24) is 9.38 Å². The zero-order valence-corrected chi connectivity index (χ0v) is 12.4. The highest BCUT2D eigenvalue weighted by molar-refractivity contribution is 6.31. The molecule has 6 heteroatoms. The van der Waals surface area contributed by atoms with Gasteiger partial charge < -0.3 is 5.32 Å². The van der Waals surface area contributed by atoms with Crippen molar-refractivity contribution < 1.29 is 0 Å². The van der Waals surface area contributed by atoms with Crippen LogP contribution < -0.4 is 10.9 Å². The third-order valence-electron chi connectivity index (χ3n) is 2.97. The fourth-order valence-corrected chi connectivity index (χ4v) is 2.36. The van der Waals surface area contributed by atoms with Gasteiger partial charge in [0.25, 0.3) is 5.56 Å². The Balaban J connectivity index is 1.88. The van der Waals surface area contributed by atoms with Crippen molar-refractivity contribution in [2.24, 2.45) is 0 Å². The number of halogens is 2. The average Bonchev–Trinajstić information content (AvgIpc) is 2.46. The maximum Gasteiger partial charge on any atom is 0.258 e. The minimum Gasteiger partial charge on any atom is -0.379 e. The minimum absolute atomic E-state index is 0.162. The van der Waals surface area contributed by atoms with Crippen molar-refractivity contribution in [3.63, 3.8) is 0 Å². The van der Waals surface area contributed by atoms with E-state index in [2.05, 4.69) is 10.3 Å². The van der Waals surface area contributed by atoms with E-state index in [9.17, 15) is 4.79 Å². The van der Waals surface area contributed by atoms with Gasteiger partial charge in [0.2, 0.25) is 0 Å². The molecule has 0 spiro atoms. The van der Waals surface area contributed by atoms with Gasteiger partial charge in [-0.3, -0.25) is 9.20 Å². The zero-order chi connectivity index (χ0) is 14.8. The van der Waals surface area contributed by atoms with Gasteiger partial charge >= 0.3 is 0 Å². The number of rotatable bonds is 3. The molecule has 2 heterocycles. The summed E-state index contributed by atoms with van der Waals surface area (Å²) in [6, 6.07) is 12.3. The summed E-state index contributed by atoms with van der Waals surface area (Å²) in [5.41, 5.74) is 1.93. The summed E-state index contributed by atoms with van der Waals surface area (Å²) < 4.78 is 1.42. The summed E-state index contributed by atoms with van der Waals surface area (Å²) in [4.78, 5) is 16.5. The highest BCUT2D eigenvalue weighted by atomic mass is 35.5. The van der Waals surface area contributed by atoms with Gasteiger partial charge in [-0.1, -0.05) is 29.3 Å². The Labute approximate surface area is 131 Å². The van der Waals surface area contributed by atoms with Crippen LogP contribution in [0.3, 0.4) is 0 Å². The predicted octanol–water partition coefficient (Wildman–Crippen LogP) is 3.61. The van der Waals surface area contributed by atoms with E-state index in [1.165, 1.54) is 10.5 Å². The first kappa shape index (κ1) is 13.9. The molecule has 3 rings (SSSR count). The lowest BCUT2D eigenvalue weighted by molar-refractivity contribution is 0.971. The molecule has 0 aliphatic heterocycles. The molecule has 4 nitrogen and oxygen atoms in total. The van der Waals surface area contributed by atoms with Gasteiger partial charge in [0, 0.05) is 23.0 Å². The van der Waals surface area contributed by atoms with E-state index in [0.717, 1.165) is 5.69 Å². The largest absolute Gasteiger partial charge is 0.379 e. The van der Waals surface area contributed by atoms with Crippen molar-refractivity contribution >= 4 is 34.5 Å². The van der Waals surface area contributed by atoms with Crippen LogP contribution in [0.1, 0.15) is 5.69 Å². The number of hydrogen-bond acceptors (Lipinski definition) is 3. The third-order valence-corrected chi connectivity index (χ3v) is 3.43. The van der Waals surface area contributed by atoms with Crippen LogP contribution in [0.4, 0.5) is 5.69 Å². The summed E-state index contributed by atoms with van der Waals surface area (Å²) in [6.07, 6.45) is 1.56. The fourth-order valence-electron chi connectivity index (χ4n) is 2.01. The monoisotopic (exact) mass is 319 g/mol. The number of anilines is 1. The average molecular weight is 320 g/mol. The molecule has 0 fully saturated rings. The predicted molar refractivity (Wildman–Crippen MR) is 85.3 cm³/mol. The van der Waals surface area contributed by atoms with Gasteiger partial charge in [-0.2, -0.15) is 0 Å². The quantitative estimate of drug-likeness (QED) is 0.802. The number of pyridine rings is 1. The summed E-state index contributed by atoms with van der Waals surface area (Å²) in [7, 11) is 0. The Morgan fingerprint density at radius 3 is 2.76 bits per heavy atom. The lowest BCUT2D eigenvalue weighted by Crippen LogP contribution is -2.16. The molecule has 0 aliphatic rings. The van der Waals surface area contributed by atoms with Crippen molar-refractivity contribution in [1.29, 1.82) is 0 Å². The number of benzene rings is 1. The van der Waals surface area contributed by atoms with Gasteiger partial charge in [0.05, 0.1) is 17.3 Å². The lowest BCUT2D eigenvalue weighted by Gasteiger charge is -2.07. The highest BCUT2D eigenvalue weighted by Gasteiger charge is 2.03. The third kappa shape index (κ3) is 3.17. The topological polar surface area (TPSA) is 46.4 Å². The van der Waals surface area contributed by atoms with Crippen LogP contribution in [0.5, 0.6) is 0 Å². The molecule has 1 aromatic carbocycles. The van der Waals surface area contributed by atoms with Crippen LogP contribution in [0.15, 0.2) is 53.5 Å². The highest BCUT2D eigenvalue weighted by Crippen LogP contribution is 2.15. The normalized spacial score (nSPS) is 10.8. The number of nitrogens with one attached hydrogen (secondary N) is 1. The van der Waals surface area contributed by atoms with E-state index in [0.29, 0.717) is 27.9 Å². The Hall–Kier alpha value is -2.04. The summed E-state index contributed by atoms with van der Waals surface area (Å²) in [6.45, 7) is 0.439. The fraction of sp³-hybridized carbons (Fsp3) is 0.0667. The molecule has 0 saturated carbocycles. The molecule has 21 heavy (non-hydrogen) atoms. The van der Waals surface area contributed by atoms with Crippen molar-refractivity contribution in [2.45, 2.75) is 6.54 Å². The van der Waals surface area contributed by atoms with Crippen molar-refractivity contribution in [2.75, 3.05) is 5.32 Å².